The standard InChI is InChI=1S/C8H12IN5O2/c1-3-10-8(16)14(2)13-7(15)5-4-11-12-6(5)9/h4H,3H2,1-2H3,(H,10,16)(H,11,12)(H,13,15). The number of hydrogen-bond acceptors (Lipinski definition) is 3. The van der Waals surface area contributed by atoms with Crippen molar-refractivity contribution in [2.24, 2.45) is 0 Å². The van der Waals surface area contributed by atoms with Crippen molar-refractivity contribution < 1.29 is 9.59 Å². The maximum Gasteiger partial charge on any atom is 0.335 e. The number of nitrogens with one attached hydrogen (secondary N) is 3. The number of hydrogen-bond donors (Lipinski definition) is 3. The number of aromatic nitrogens is 2. The number of halogens is 1. The lowest BCUT2D eigenvalue weighted by atomic mass is 10.3. The summed E-state index contributed by atoms with van der Waals surface area (Å²) in [6.45, 7) is 2.30. The molecule has 0 radical (unpaired) electrons. The van der Waals surface area contributed by atoms with Crippen LogP contribution in [0.3, 0.4) is 0 Å². The summed E-state index contributed by atoms with van der Waals surface area (Å²) in [6, 6.07) is -0.366. The van der Waals surface area contributed by atoms with Crippen molar-refractivity contribution >= 4 is 34.5 Å². The second-order valence-corrected chi connectivity index (χ2v) is 4.01. The predicted molar refractivity (Wildman–Crippen MR) is 65.6 cm³/mol. The molecular formula is C8H12IN5O2. The van der Waals surface area contributed by atoms with Crippen LogP contribution >= 0.6 is 22.6 Å². The zero-order valence-corrected chi connectivity index (χ0v) is 11.0. The molecule has 1 heterocycles. The molecule has 0 aromatic carbocycles. The predicted octanol–water partition coefficient (Wildman–Crippen LogP) is 0.320. The highest BCUT2D eigenvalue weighted by Gasteiger charge is 2.15. The summed E-state index contributed by atoms with van der Waals surface area (Å²) in [5, 5.41) is 10.0. The van der Waals surface area contributed by atoms with Crippen LogP contribution in [-0.4, -0.2) is 40.7 Å². The van der Waals surface area contributed by atoms with Crippen molar-refractivity contribution in [1.82, 2.24) is 25.9 Å². The van der Waals surface area contributed by atoms with Crippen molar-refractivity contribution in [2.75, 3.05) is 13.6 Å². The van der Waals surface area contributed by atoms with Gasteiger partial charge in [-0.15, -0.1) is 0 Å². The average molecular weight is 337 g/mol. The van der Waals surface area contributed by atoms with Gasteiger partial charge in [-0.25, -0.2) is 9.80 Å². The molecule has 0 aliphatic rings. The molecule has 8 heteroatoms. The topological polar surface area (TPSA) is 90.1 Å². The first-order valence-corrected chi connectivity index (χ1v) is 5.65. The molecule has 88 valence electrons. The third-order valence-corrected chi connectivity index (χ3v) is 2.56. The Kier molecular flexibility index (Phi) is 4.52. The van der Waals surface area contributed by atoms with Gasteiger partial charge in [-0.05, 0) is 29.5 Å². The van der Waals surface area contributed by atoms with E-state index in [1.807, 2.05) is 22.6 Å². The van der Waals surface area contributed by atoms with Crippen LogP contribution in [-0.2, 0) is 0 Å². The summed E-state index contributed by atoms with van der Waals surface area (Å²) in [7, 11) is 1.47. The fourth-order valence-corrected chi connectivity index (χ4v) is 1.49. The molecule has 16 heavy (non-hydrogen) atoms. The largest absolute Gasteiger partial charge is 0.337 e. The summed E-state index contributed by atoms with van der Waals surface area (Å²) in [5.41, 5.74) is 2.83. The number of amides is 3. The molecular weight excluding hydrogens is 325 g/mol. The Hall–Kier alpha value is -1.32. The third kappa shape index (κ3) is 3.08. The van der Waals surface area contributed by atoms with Gasteiger partial charge < -0.3 is 5.32 Å². The van der Waals surface area contributed by atoms with Crippen LogP contribution in [0.2, 0.25) is 0 Å². The molecule has 0 aliphatic carbocycles. The van der Waals surface area contributed by atoms with Crippen LogP contribution in [0.5, 0.6) is 0 Å². The first-order chi connectivity index (χ1) is 7.56. The maximum absolute atomic E-state index is 11.6. The number of carbonyl (C=O) groups excluding carboxylic acids is 2. The van der Waals surface area contributed by atoms with E-state index in [1.165, 1.54) is 13.2 Å². The van der Waals surface area contributed by atoms with Gasteiger partial charge in [-0.2, -0.15) is 5.10 Å². The van der Waals surface area contributed by atoms with Gasteiger partial charge in [0, 0.05) is 13.6 Å². The Balaban J connectivity index is 2.58. The molecule has 3 N–H and O–H groups in total. The molecule has 0 saturated carbocycles. The van der Waals surface area contributed by atoms with E-state index in [0.29, 0.717) is 15.8 Å². The van der Waals surface area contributed by atoms with Gasteiger partial charge in [-0.3, -0.25) is 15.3 Å². The van der Waals surface area contributed by atoms with Gasteiger partial charge >= 0.3 is 6.03 Å². The molecule has 0 bridgehead atoms. The molecule has 0 unspecified atom stereocenters. The molecule has 0 fully saturated rings. The Morgan fingerprint density at radius 1 is 1.62 bits per heavy atom. The number of H-pyrrole nitrogens is 1. The normalized spacial score (nSPS) is 9.69. The van der Waals surface area contributed by atoms with Crippen LogP contribution in [0, 0.1) is 3.70 Å². The van der Waals surface area contributed by atoms with E-state index in [-0.39, 0.29) is 11.9 Å². The number of aromatic amines is 1. The number of rotatable bonds is 2. The van der Waals surface area contributed by atoms with E-state index >= 15 is 0 Å². The Morgan fingerprint density at radius 2 is 2.31 bits per heavy atom. The highest BCUT2D eigenvalue weighted by molar-refractivity contribution is 14.1. The lowest BCUT2D eigenvalue weighted by Crippen LogP contribution is -2.48. The van der Waals surface area contributed by atoms with Gasteiger partial charge in [0.25, 0.3) is 5.91 Å². The van der Waals surface area contributed by atoms with Crippen LogP contribution < -0.4 is 10.7 Å². The summed E-state index contributed by atoms with van der Waals surface area (Å²) >= 11 is 1.95. The first kappa shape index (κ1) is 12.7. The molecule has 1 aromatic heterocycles. The van der Waals surface area contributed by atoms with Gasteiger partial charge in [0.2, 0.25) is 0 Å². The second-order valence-electron chi connectivity index (χ2n) is 2.93. The van der Waals surface area contributed by atoms with E-state index in [1.54, 1.807) is 6.92 Å². The average Bonchev–Trinajstić information content (AvgIpc) is 2.64. The second kappa shape index (κ2) is 5.68. The Morgan fingerprint density at radius 3 is 2.81 bits per heavy atom. The van der Waals surface area contributed by atoms with Gasteiger partial charge in [0.15, 0.2) is 0 Å². The van der Waals surface area contributed by atoms with Crippen LogP contribution in [0.15, 0.2) is 6.20 Å². The van der Waals surface area contributed by atoms with Crippen molar-refractivity contribution in [3.63, 3.8) is 0 Å². The van der Waals surface area contributed by atoms with Gasteiger partial charge in [0.1, 0.15) is 3.70 Å². The quantitative estimate of drug-likeness (QED) is 0.536. The van der Waals surface area contributed by atoms with Crippen LogP contribution in [0.4, 0.5) is 4.79 Å². The minimum Gasteiger partial charge on any atom is -0.337 e. The zero-order valence-electron chi connectivity index (χ0n) is 8.87. The van der Waals surface area contributed by atoms with E-state index < -0.39 is 0 Å². The van der Waals surface area contributed by atoms with Crippen molar-refractivity contribution in [3.8, 4) is 0 Å². The van der Waals surface area contributed by atoms with Gasteiger partial charge in [-0.1, -0.05) is 0 Å². The highest BCUT2D eigenvalue weighted by Crippen LogP contribution is 2.06. The van der Waals surface area contributed by atoms with Crippen LogP contribution in [0.25, 0.3) is 0 Å². The molecule has 1 rings (SSSR count). The minimum atomic E-state index is -0.382. The van der Waals surface area contributed by atoms with E-state index in [0.717, 1.165) is 5.01 Å². The Bertz CT molecular complexity index is 392. The van der Waals surface area contributed by atoms with Crippen molar-refractivity contribution in [2.45, 2.75) is 6.92 Å². The highest BCUT2D eigenvalue weighted by atomic mass is 127. The van der Waals surface area contributed by atoms with E-state index in [4.69, 9.17) is 0 Å². The molecule has 0 saturated heterocycles. The maximum atomic E-state index is 11.6. The lowest BCUT2D eigenvalue weighted by Gasteiger charge is -2.17. The summed E-state index contributed by atoms with van der Waals surface area (Å²) in [5.74, 6) is -0.382. The molecule has 3 amide bonds. The summed E-state index contributed by atoms with van der Waals surface area (Å²) in [4.78, 5) is 23.0. The fourth-order valence-electron chi connectivity index (χ4n) is 0.962. The van der Waals surface area contributed by atoms with Crippen LogP contribution in [0.1, 0.15) is 17.3 Å². The first-order valence-electron chi connectivity index (χ1n) is 4.57. The molecule has 7 nitrogen and oxygen atoms in total. The summed E-state index contributed by atoms with van der Waals surface area (Å²) in [6.07, 6.45) is 1.41. The SMILES string of the molecule is CCNC(=O)N(C)NC(=O)c1cn[nH]c1I. The Labute approximate surface area is 106 Å². The molecule has 0 spiro atoms. The number of carbonyl (C=O) groups is 2. The van der Waals surface area contributed by atoms with Gasteiger partial charge in [0.05, 0.1) is 11.8 Å². The fraction of sp³-hybridized carbons (Fsp3) is 0.375. The summed E-state index contributed by atoms with van der Waals surface area (Å²) < 4.78 is 0.624. The molecule has 0 aliphatic heterocycles. The number of hydrazine groups is 1. The molecule has 0 atom stereocenters. The van der Waals surface area contributed by atoms with Crippen molar-refractivity contribution in [3.05, 3.63) is 15.5 Å². The lowest BCUT2D eigenvalue weighted by molar-refractivity contribution is 0.0853. The zero-order chi connectivity index (χ0) is 12.1. The van der Waals surface area contributed by atoms with E-state index in [2.05, 4.69) is 20.9 Å². The smallest absolute Gasteiger partial charge is 0.335 e. The van der Waals surface area contributed by atoms with Crippen molar-refractivity contribution in [1.29, 1.82) is 0 Å². The monoisotopic (exact) mass is 337 g/mol. The minimum absolute atomic E-state index is 0.366. The van der Waals surface area contributed by atoms with E-state index in [9.17, 15) is 9.59 Å². The molecule has 1 aromatic rings. The number of nitrogens with zero attached hydrogens (tertiary/aromatic N) is 2. The number of urea groups is 1. The third-order valence-electron chi connectivity index (χ3n) is 1.74.